The maximum atomic E-state index is 12.1. The minimum atomic E-state index is -1.22. The molecule has 0 saturated heterocycles. The molecule has 0 fully saturated rings. The number of hydrogen-bond acceptors (Lipinski definition) is 5. The van der Waals surface area contributed by atoms with Crippen molar-refractivity contribution >= 4 is 5.97 Å². The van der Waals surface area contributed by atoms with Gasteiger partial charge in [-0.2, -0.15) is 0 Å². The van der Waals surface area contributed by atoms with Gasteiger partial charge in [-0.1, -0.05) is 36.4 Å². The topological polar surface area (TPSA) is 92.8 Å². The first kappa shape index (κ1) is 15.9. The summed E-state index contributed by atoms with van der Waals surface area (Å²) >= 11 is 0. The Kier molecular flexibility index (Phi) is 4.68. The van der Waals surface area contributed by atoms with Crippen molar-refractivity contribution < 1.29 is 19.7 Å². The summed E-state index contributed by atoms with van der Waals surface area (Å²) in [7, 11) is 0. The van der Waals surface area contributed by atoms with Crippen molar-refractivity contribution in [1.29, 1.82) is 0 Å². The molecule has 0 radical (unpaired) electrons. The van der Waals surface area contributed by atoms with Gasteiger partial charge >= 0.3 is 5.97 Å². The Balaban J connectivity index is 1.99. The van der Waals surface area contributed by atoms with Gasteiger partial charge in [-0.15, -0.1) is 0 Å². The fourth-order valence-electron chi connectivity index (χ4n) is 2.06. The standard InChI is InChI=1S/C17H19NO4/c1-17(18,10-13-7-8-14(19)15(20)9-13)16(21)22-11-12-5-3-2-4-6-12/h2-9,19-20H,10-11,18H2,1H3/t17-/m0/s1. The molecule has 2 aromatic rings. The number of nitrogens with two attached hydrogens (primary N) is 1. The highest BCUT2D eigenvalue weighted by atomic mass is 16.5. The highest BCUT2D eigenvalue weighted by Gasteiger charge is 2.30. The van der Waals surface area contributed by atoms with E-state index in [1.807, 2.05) is 30.3 Å². The van der Waals surface area contributed by atoms with Gasteiger partial charge in [0.1, 0.15) is 12.1 Å². The molecule has 0 aromatic heterocycles. The van der Waals surface area contributed by atoms with Crippen LogP contribution in [0.3, 0.4) is 0 Å². The van der Waals surface area contributed by atoms with E-state index >= 15 is 0 Å². The Morgan fingerprint density at radius 2 is 1.77 bits per heavy atom. The zero-order chi connectivity index (χ0) is 16.2. The molecule has 0 amide bonds. The van der Waals surface area contributed by atoms with Crippen LogP contribution in [0.5, 0.6) is 11.5 Å². The Bertz CT molecular complexity index is 653. The van der Waals surface area contributed by atoms with Crippen LogP contribution in [0.25, 0.3) is 0 Å². The van der Waals surface area contributed by atoms with Gasteiger partial charge in [-0.05, 0) is 30.2 Å². The second-order valence-corrected chi connectivity index (χ2v) is 5.48. The number of phenolic OH excluding ortho intramolecular Hbond substituents is 2. The predicted molar refractivity (Wildman–Crippen MR) is 82.3 cm³/mol. The lowest BCUT2D eigenvalue weighted by molar-refractivity contribution is -0.150. The quantitative estimate of drug-likeness (QED) is 0.581. The van der Waals surface area contributed by atoms with Gasteiger partial charge in [0.15, 0.2) is 11.5 Å². The summed E-state index contributed by atoms with van der Waals surface area (Å²) in [6.45, 7) is 1.73. The van der Waals surface area contributed by atoms with Crippen LogP contribution in [-0.2, 0) is 22.6 Å². The first-order valence-corrected chi connectivity index (χ1v) is 6.89. The monoisotopic (exact) mass is 301 g/mol. The molecule has 0 aliphatic carbocycles. The second kappa shape index (κ2) is 6.49. The molecule has 4 N–H and O–H groups in total. The Labute approximate surface area is 129 Å². The zero-order valence-electron chi connectivity index (χ0n) is 12.3. The van der Waals surface area contributed by atoms with Gasteiger partial charge in [-0.3, -0.25) is 4.79 Å². The van der Waals surface area contributed by atoms with Crippen molar-refractivity contribution in [1.82, 2.24) is 0 Å². The first-order chi connectivity index (χ1) is 10.4. The fraction of sp³-hybridized carbons (Fsp3) is 0.235. The lowest BCUT2D eigenvalue weighted by Crippen LogP contribution is -2.48. The second-order valence-electron chi connectivity index (χ2n) is 5.48. The largest absolute Gasteiger partial charge is 0.504 e. The molecule has 5 heteroatoms. The van der Waals surface area contributed by atoms with Crippen molar-refractivity contribution in [3.63, 3.8) is 0 Å². The minimum absolute atomic E-state index is 0.160. The van der Waals surface area contributed by atoms with E-state index in [0.717, 1.165) is 5.56 Å². The zero-order valence-corrected chi connectivity index (χ0v) is 12.3. The van der Waals surface area contributed by atoms with E-state index in [0.29, 0.717) is 5.56 Å². The van der Waals surface area contributed by atoms with Crippen LogP contribution < -0.4 is 5.73 Å². The normalized spacial score (nSPS) is 13.4. The maximum Gasteiger partial charge on any atom is 0.326 e. The number of rotatable bonds is 5. The molecular formula is C17H19NO4. The number of carbonyl (C=O) groups is 1. The van der Waals surface area contributed by atoms with E-state index in [4.69, 9.17) is 10.5 Å². The molecule has 0 bridgehead atoms. The van der Waals surface area contributed by atoms with Crippen LogP contribution >= 0.6 is 0 Å². The number of carbonyl (C=O) groups excluding carboxylic acids is 1. The summed E-state index contributed by atoms with van der Waals surface area (Å²) in [5, 5.41) is 18.8. The average Bonchev–Trinajstić information content (AvgIpc) is 2.49. The molecule has 0 saturated carbocycles. The summed E-state index contributed by atoms with van der Waals surface area (Å²) in [6.07, 6.45) is 0.189. The van der Waals surface area contributed by atoms with Gasteiger partial charge in [0, 0.05) is 6.42 Å². The van der Waals surface area contributed by atoms with Crippen molar-refractivity contribution in [2.24, 2.45) is 5.73 Å². The minimum Gasteiger partial charge on any atom is -0.504 e. The Morgan fingerprint density at radius 1 is 1.09 bits per heavy atom. The van der Waals surface area contributed by atoms with Crippen LogP contribution in [0, 0.1) is 0 Å². The fourth-order valence-corrected chi connectivity index (χ4v) is 2.06. The summed E-state index contributed by atoms with van der Waals surface area (Å²) in [6, 6.07) is 13.7. The number of benzene rings is 2. The highest BCUT2D eigenvalue weighted by Crippen LogP contribution is 2.26. The molecule has 5 nitrogen and oxygen atoms in total. The van der Waals surface area contributed by atoms with E-state index < -0.39 is 11.5 Å². The number of phenols is 2. The molecule has 2 aromatic carbocycles. The lowest BCUT2D eigenvalue weighted by Gasteiger charge is -2.22. The average molecular weight is 301 g/mol. The summed E-state index contributed by atoms with van der Waals surface area (Å²) < 4.78 is 5.24. The molecule has 22 heavy (non-hydrogen) atoms. The first-order valence-electron chi connectivity index (χ1n) is 6.89. The summed E-state index contributed by atoms with van der Waals surface area (Å²) in [5.41, 5.74) is 6.32. The smallest absolute Gasteiger partial charge is 0.326 e. The highest BCUT2D eigenvalue weighted by molar-refractivity contribution is 5.80. The van der Waals surface area contributed by atoms with E-state index in [9.17, 15) is 15.0 Å². The van der Waals surface area contributed by atoms with Crippen LogP contribution in [0.1, 0.15) is 18.1 Å². The van der Waals surface area contributed by atoms with Gasteiger partial charge in [0.25, 0.3) is 0 Å². The van der Waals surface area contributed by atoms with E-state index in [1.165, 1.54) is 12.1 Å². The number of hydrogen-bond donors (Lipinski definition) is 3. The Morgan fingerprint density at radius 3 is 2.41 bits per heavy atom. The molecule has 116 valence electrons. The van der Waals surface area contributed by atoms with Crippen molar-refractivity contribution in [2.45, 2.75) is 25.5 Å². The van der Waals surface area contributed by atoms with Crippen molar-refractivity contribution in [3.8, 4) is 11.5 Å². The third kappa shape index (κ3) is 3.99. The van der Waals surface area contributed by atoms with Crippen molar-refractivity contribution in [2.75, 3.05) is 0 Å². The number of ether oxygens (including phenoxy) is 1. The van der Waals surface area contributed by atoms with E-state index in [2.05, 4.69) is 0 Å². The SMILES string of the molecule is C[C@](N)(Cc1ccc(O)c(O)c1)C(=O)OCc1ccccc1. The molecule has 0 heterocycles. The third-order valence-corrected chi connectivity index (χ3v) is 3.29. The molecular weight excluding hydrogens is 282 g/mol. The molecule has 0 aliphatic rings. The molecule has 1 atom stereocenters. The third-order valence-electron chi connectivity index (χ3n) is 3.29. The number of aromatic hydroxyl groups is 2. The van der Waals surface area contributed by atoms with Crippen LogP contribution in [0.4, 0.5) is 0 Å². The lowest BCUT2D eigenvalue weighted by atomic mass is 9.94. The predicted octanol–water partition coefficient (Wildman–Crippen LogP) is 2.10. The Hall–Kier alpha value is -2.53. The van der Waals surface area contributed by atoms with Crippen molar-refractivity contribution in [3.05, 3.63) is 59.7 Å². The summed E-state index contributed by atoms with van der Waals surface area (Å²) in [5.74, 6) is -0.982. The van der Waals surface area contributed by atoms with Crippen LogP contribution in [-0.4, -0.2) is 21.7 Å². The van der Waals surface area contributed by atoms with E-state index in [-0.39, 0.29) is 24.5 Å². The number of esters is 1. The summed E-state index contributed by atoms with van der Waals surface area (Å²) in [4.78, 5) is 12.1. The molecule has 0 spiro atoms. The van der Waals surface area contributed by atoms with Crippen LogP contribution in [0.15, 0.2) is 48.5 Å². The molecule has 0 aliphatic heterocycles. The molecule has 2 rings (SSSR count). The van der Waals surface area contributed by atoms with E-state index in [1.54, 1.807) is 13.0 Å². The van der Waals surface area contributed by atoms with Gasteiger partial charge < -0.3 is 20.7 Å². The van der Waals surface area contributed by atoms with Gasteiger partial charge in [-0.25, -0.2) is 0 Å². The molecule has 0 unspecified atom stereocenters. The van der Waals surface area contributed by atoms with Gasteiger partial charge in [0.2, 0.25) is 0 Å². The maximum absolute atomic E-state index is 12.1. The van der Waals surface area contributed by atoms with Crippen LogP contribution in [0.2, 0.25) is 0 Å². The van der Waals surface area contributed by atoms with Gasteiger partial charge in [0.05, 0.1) is 0 Å².